The highest BCUT2D eigenvalue weighted by Crippen LogP contribution is 2.19. The van der Waals surface area contributed by atoms with Crippen LogP contribution in [-0.2, 0) is 4.79 Å². The van der Waals surface area contributed by atoms with Gasteiger partial charge in [-0.2, -0.15) is 0 Å². The van der Waals surface area contributed by atoms with E-state index in [0.717, 1.165) is 12.8 Å². The first-order chi connectivity index (χ1) is 9.11. The summed E-state index contributed by atoms with van der Waals surface area (Å²) in [5.41, 5.74) is 0.517. The minimum atomic E-state index is -0.612. The van der Waals surface area contributed by atoms with Crippen LogP contribution in [0.4, 0.5) is 0 Å². The van der Waals surface area contributed by atoms with Crippen LogP contribution in [0.1, 0.15) is 63.8 Å². The molecule has 6 heteroatoms. The average molecular weight is 266 g/mol. The van der Waals surface area contributed by atoms with Crippen molar-refractivity contribution in [2.45, 2.75) is 64.1 Å². The first kappa shape index (κ1) is 14.0. The quantitative estimate of drug-likeness (QED) is 0.843. The molecule has 0 aromatic carbocycles. The van der Waals surface area contributed by atoms with Gasteiger partial charge in [0.15, 0.2) is 0 Å². The Hall–Kier alpha value is -1.43. The average Bonchev–Trinajstić information content (AvgIpc) is 3.07. The normalized spacial score (nSPS) is 19.3. The fourth-order valence-corrected chi connectivity index (χ4v) is 2.35. The van der Waals surface area contributed by atoms with Gasteiger partial charge in [0.2, 0.25) is 5.91 Å². The molecule has 2 rings (SSSR count). The maximum Gasteiger partial charge on any atom is 0.244 e. The van der Waals surface area contributed by atoms with Crippen molar-refractivity contribution in [3.63, 3.8) is 0 Å². The molecule has 0 bridgehead atoms. The number of carbonyl (C=O) groups is 1. The Kier molecular flexibility index (Phi) is 4.52. The summed E-state index contributed by atoms with van der Waals surface area (Å²) >= 11 is 0. The van der Waals surface area contributed by atoms with Crippen molar-refractivity contribution in [3.05, 3.63) is 11.9 Å². The Balaban J connectivity index is 1.96. The maximum atomic E-state index is 12.1. The van der Waals surface area contributed by atoms with Crippen LogP contribution in [0.5, 0.6) is 0 Å². The fourth-order valence-electron chi connectivity index (χ4n) is 2.35. The number of nitrogens with one attached hydrogen (secondary N) is 1. The molecule has 2 unspecified atom stereocenters. The van der Waals surface area contributed by atoms with Crippen LogP contribution in [0.15, 0.2) is 6.20 Å². The van der Waals surface area contributed by atoms with Crippen molar-refractivity contribution in [2.75, 3.05) is 0 Å². The van der Waals surface area contributed by atoms with E-state index in [1.165, 1.54) is 17.5 Å². The summed E-state index contributed by atoms with van der Waals surface area (Å²) in [6.07, 6.45) is 6.13. The summed E-state index contributed by atoms with van der Waals surface area (Å²) in [7, 11) is 0. The van der Waals surface area contributed by atoms with E-state index < -0.39 is 12.1 Å². The first-order valence-corrected chi connectivity index (χ1v) is 7.02. The molecule has 1 heterocycles. The number of hydrogen-bond donors (Lipinski definition) is 2. The van der Waals surface area contributed by atoms with E-state index in [9.17, 15) is 9.90 Å². The largest absolute Gasteiger partial charge is 0.387 e. The van der Waals surface area contributed by atoms with Crippen molar-refractivity contribution >= 4 is 5.91 Å². The van der Waals surface area contributed by atoms with Crippen molar-refractivity contribution in [2.24, 2.45) is 0 Å². The second-order valence-corrected chi connectivity index (χ2v) is 5.21. The second-order valence-electron chi connectivity index (χ2n) is 5.21. The van der Waals surface area contributed by atoms with E-state index in [1.807, 2.05) is 6.92 Å². The van der Waals surface area contributed by atoms with Crippen LogP contribution < -0.4 is 5.32 Å². The standard InChI is InChI=1S/C13H22N4O2/c1-3-12(18)11-8-17(16-15-11)9(2)13(19)14-10-6-4-5-7-10/h8-10,12,18H,3-7H2,1-2H3,(H,14,19). The minimum absolute atomic E-state index is 0.0330. The Morgan fingerprint density at radius 3 is 2.89 bits per heavy atom. The number of rotatable bonds is 5. The monoisotopic (exact) mass is 266 g/mol. The summed E-state index contributed by atoms with van der Waals surface area (Å²) < 4.78 is 1.51. The van der Waals surface area contributed by atoms with Crippen molar-refractivity contribution in [1.29, 1.82) is 0 Å². The molecule has 1 aromatic heterocycles. The first-order valence-electron chi connectivity index (χ1n) is 7.02. The Morgan fingerprint density at radius 1 is 1.58 bits per heavy atom. The van der Waals surface area contributed by atoms with Gasteiger partial charge in [-0.05, 0) is 26.2 Å². The van der Waals surface area contributed by atoms with Gasteiger partial charge < -0.3 is 10.4 Å². The van der Waals surface area contributed by atoms with Gasteiger partial charge in [-0.1, -0.05) is 25.0 Å². The van der Waals surface area contributed by atoms with Crippen LogP contribution in [0.3, 0.4) is 0 Å². The Labute approximate surface area is 113 Å². The van der Waals surface area contributed by atoms with Gasteiger partial charge >= 0.3 is 0 Å². The third kappa shape index (κ3) is 3.32. The highest BCUT2D eigenvalue weighted by Gasteiger charge is 2.23. The zero-order valence-electron chi connectivity index (χ0n) is 11.5. The number of aliphatic hydroxyl groups excluding tert-OH is 1. The lowest BCUT2D eigenvalue weighted by Crippen LogP contribution is -2.37. The molecule has 0 radical (unpaired) electrons. The predicted molar refractivity (Wildman–Crippen MR) is 70.4 cm³/mol. The van der Waals surface area contributed by atoms with Crippen molar-refractivity contribution < 1.29 is 9.90 Å². The van der Waals surface area contributed by atoms with E-state index in [-0.39, 0.29) is 5.91 Å². The van der Waals surface area contributed by atoms with E-state index in [1.54, 1.807) is 13.1 Å². The molecule has 106 valence electrons. The Morgan fingerprint density at radius 2 is 2.26 bits per heavy atom. The molecule has 19 heavy (non-hydrogen) atoms. The van der Waals surface area contributed by atoms with Gasteiger partial charge in [-0.3, -0.25) is 4.79 Å². The van der Waals surface area contributed by atoms with Gasteiger partial charge in [0.05, 0.1) is 12.3 Å². The van der Waals surface area contributed by atoms with E-state index >= 15 is 0 Å². The summed E-state index contributed by atoms with van der Waals surface area (Å²) in [6.45, 7) is 3.67. The van der Waals surface area contributed by atoms with Gasteiger partial charge in [0, 0.05) is 6.04 Å². The van der Waals surface area contributed by atoms with Gasteiger partial charge in [0.1, 0.15) is 11.7 Å². The molecule has 2 atom stereocenters. The lowest BCUT2D eigenvalue weighted by Gasteiger charge is -2.16. The predicted octanol–water partition coefficient (Wildman–Crippen LogP) is 1.34. The number of carbonyl (C=O) groups excluding carboxylic acids is 1. The topological polar surface area (TPSA) is 80.0 Å². The fraction of sp³-hybridized carbons (Fsp3) is 0.769. The highest BCUT2D eigenvalue weighted by molar-refractivity contribution is 5.80. The number of aliphatic hydroxyl groups is 1. The summed E-state index contributed by atoms with van der Waals surface area (Å²) in [5.74, 6) is -0.0330. The zero-order valence-corrected chi connectivity index (χ0v) is 11.5. The van der Waals surface area contributed by atoms with Crippen molar-refractivity contribution in [1.82, 2.24) is 20.3 Å². The zero-order chi connectivity index (χ0) is 13.8. The molecule has 0 spiro atoms. The molecular formula is C13H22N4O2. The smallest absolute Gasteiger partial charge is 0.244 e. The minimum Gasteiger partial charge on any atom is -0.387 e. The van der Waals surface area contributed by atoms with Gasteiger partial charge in [-0.25, -0.2) is 4.68 Å². The lowest BCUT2D eigenvalue weighted by atomic mass is 10.2. The van der Waals surface area contributed by atoms with Crippen LogP contribution in [-0.4, -0.2) is 32.0 Å². The Bertz CT molecular complexity index is 426. The molecule has 1 aliphatic carbocycles. The van der Waals surface area contributed by atoms with E-state index in [2.05, 4.69) is 15.6 Å². The van der Waals surface area contributed by atoms with Gasteiger partial charge in [0.25, 0.3) is 0 Å². The second kappa shape index (κ2) is 6.14. The van der Waals surface area contributed by atoms with Crippen LogP contribution in [0, 0.1) is 0 Å². The molecule has 2 N–H and O–H groups in total. The molecule has 0 aliphatic heterocycles. The van der Waals surface area contributed by atoms with Crippen LogP contribution in [0.25, 0.3) is 0 Å². The molecule has 1 fully saturated rings. The third-order valence-corrected chi connectivity index (χ3v) is 3.73. The van der Waals surface area contributed by atoms with Crippen molar-refractivity contribution in [3.8, 4) is 0 Å². The molecule has 1 aliphatic rings. The summed E-state index contributed by atoms with van der Waals surface area (Å²) in [4.78, 5) is 12.1. The number of hydrogen-bond acceptors (Lipinski definition) is 4. The third-order valence-electron chi connectivity index (χ3n) is 3.73. The molecule has 1 aromatic rings. The molecule has 0 saturated heterocycles. The summed E-state index contributed by atoms with van der Waals surface area (Å²) in [5, 5.41) is 20.5. The number of amides is 1. The molecule has 1 saturated carbocycles. The molecule has 6 nitrogen and oxygen atoms in total. The lowest BCUT2D eigenvalue weighted by molar-refractivity contribution is -0.124. The molecular weight excluding hydrogens is 244 g/mol. The summed E-state index contributed by atoms with van der Waals surface area (Å²) in [6, 6.07) is -0.0925. The molecule has 1 amide bonds. The van der Waals surface area contributed by atoms with Crippen LogP contribution >= 0.6 is 0 Å². The SMILES string of the molecule is CCC(O)c1cn(C(C)C(=O)NC2CCCC2)nn1. The number of nitrogens with zero attached hydrogens (tertiary/aromatic N) is 3. The maximum absolute atomic E-state index is 12.1. The van der Waals surface area contributed by atoms with E-state index in [4.69, 9.17) is 0 Å². The van der Waals surface area contributed by atoms with E-state index in [0.29, 0.717) is 18.2 Å². The van der Waals surface area contributed by atoms with Crippen LogP contribution in [0.2, 0.25) is 0 Å². The number of aromatic nitrogens is 3. The van der Waals surface area contributed by atoms with Gasteiger partial charge in [-0.15, -0.1) is 5.10 Å². The highest BCUT2D eigenvalue weighted by atomic mass is 16.3.